The second-order valence-electron chi connectivity index (χ2n) is 4.40. The van der Waals surface area contributed by atoms with Crippen molar-refractivity contribution in [2.75, 3.05) is 26.4 Å². The number of oxime groups is 4. The van der Waals surface area contributed by atoms with E-state index in [9.17, 15) is 0 Å². The van der Waals surface area contributed by atoms with Gasteiger partial charge in [0.05, 0.1) is 22.8 Å². The fraction of sp³-hybridized carbons (Fsp3) is 0.667. The first-order chi connectivity index (χ1) is 9.58. The predicted molar refractivity (Wildman–Crippen MR) is 76.2 cm³/mol. The van der Waals surface area contributed by atoms with Gasteiger partial charge in [-0.3, -0.25) is 0 Å². The molecule has 0 spiro atoms. The Morgan fingerprint density at radius 2 is 0.700 bits per heavy atom. The first-order valence-electron chi connectivity index (χ1n) is 6.19. The fourth-order valence-electron chi connectivity index (χ4n) is 1.05. The van der Waals surface area contributed by atoms with Crippen LogP contribution in [0.25, 0.3) is 0 Å². The molecular weight excluding hydrogens is 264 g/mol. The lowest BCUT2D eigenvalue weighted by Crippen LogP contribution is -2.11. The van der Waals surface area contributed by atoms with Crippen LogP contribution in [-0.4, -0.2) is 49.3 Å². The molecule has 0 unspecified atom stereocenters. The molecule has 0 atom stereocenters. The van der Waals surface area contributed by atoms with Gasteiger partial charge in [-0.2, -0.15) is 0 Å². The minimum absolute atomic E-state index is 0.242. The van der Waals surface area contributed by atoms with Crippen molar-refractivity contribution >= 4 is 22.8 Å². The number of rotatable bonds is 0. The van der Waals surface area contributed by atoms with Gasteiger partial charge in [-0.25, -0.2) is 0 Å². The minimum atomic E-state index is 0.242. The molecule has 0 aromatic heterocycles. The van der Waals surface area contributed by atoms with E-state index >= 15 is 0 Å². The van der Waals surface area contributed by atoms with Crippen LogP contribution in [0.3, 0.4) is 0 Å². The van der Waals surface area contributed by atoms with Crippen molar-refractivity contribution < 1.29 is 19.4 Å². The fourth-order valence-corrected chi connectivity index (χ4v) is 1.05. The molecule has 1 rings (SSSR count). The van der Waals surface area contributed by atoms with E-state index in [4.69, 9.17) is 19.4 Å². The first kappa shape index (κ1) is 15.9. The van der Waals surface area contributed by atoms with Crippen molar-refractivity contribution in [2.45, 2.75) is 27.7 Å². The SMILES string of the molecule is C/C1=N\OC/C(C)=N/OC/C(C)=N/OC/C(C)=N/OC1. The molecule has 8 heteroatoms. The molecule has 20 heavy (non-hydrogen) atoms. The highest BCUT2D eigenvalue weighted by Crippen LogP contribution is 1.92. The van der Waals surface area contributed by atoms with Crippen LogP contribution in [0.5, 0.6) is 0 Å². The van der Waals surface area contributed by atoms with Crippen LogP contribution < -0.4 is 0 Å². The Hall–Kier alpha value is -2.12. The Kier molecular flexibility index (Phi) is 7.08. The summed E-state index contributed by atoms with van der Waals surface area (Å²) in [6, 6.07) is 0. The van der Waals surface area contributed by atoms with Gasteiger partial charge in [0.2, 0.25) is 0 Å². The predicted octanol–water partition coefficient (Wildman–Crippen LogP) is 1.57. The van der Waals surface area contributed by atoms with E-state index in [0.29, 0.717) is 22.8 Å². The summed E-state index contributed by atoms with van der Waals surface area (Å²) in [6.45, 7) is 8.09. The van der Waals surface area contributed by atoms with Gasteiger partial charge in [-0.15, -0.1) is 0 Å². The third-order valence-corrected chi connectivity index (χ3v) is 1.98. The van der Waals surface area contributed by atoms with Gasteiger partial charge in [0.15, 0.2) is 26.4 Å². The van der Waals surface area contributed by atoms with E-state index < -0.39 is 0 Å². The second-order valence-corrected chi connectivity index (χ2v) is 4.40. The number of hydrogen-bond donors (Lipinski definition) is 0. The van der Waals surface area contributed by atoms with Crippen molar-refractivity contribution in [3.05, 3.63) is 0 Å². The van der Waals surface area contributed by atoms with Crippen LogP contribution >= 0.6 is 0 Å². The normalized spacial score (nSPS) is 29.4. The van der Waals surface area contributed by atoms with Gasteiger partial charge in [-0.05, 0) is 27.7 Å². The quantitative estimate of drug-likeness (QED) is 0.675. The maximum Gasteiger partial charge on any atom is 0.158 e. The Bertz CT molecular complexity index is 349. The van der Waals surface area contributed by atoms with Crippen LogP contribution in [-0.2, 0) is 19.4 Å². The van der Waals surface area contributed by atoms with Crippen molar-refractivity contribution in [1.82, 2.24) is 0 Å². The molecule has 0 bridgehead atoms. The maximum absolute atomic E-state index is 5.11. The van der Waals surface area contributed by atoms with E-state index in [1.807, 2.05) is 0 Å². The molecule has 0 radical (unpaired) electrons. The summed E-state index contributed by atoms with van der Waals surface area (Å²) >= 11 is 0. The van der Waals surface area contributed by atoms with Crippen LogP contribution in [0.4, 0.5) is 0 Å². The largest absolute Gasteiger partial charge is 0.389 e. The molecule has 0 saturated carbocycles. The van der Waals surface area contributed by atoms with Crippen molar-refractivity contribution in [2.24, 2.45) is 20.6 Å². The molecule has 1 aliphatic heterocycles. The second kappa shape index (κ2) is 8.89. The summed E-state index contributed by atoms with van der Waals surface area (Å²) < 4.78 is 0. The molecule has 1 aliphatic rings. The Morgan fingerprint density at radius 3 is 0.900 bits per heavy atom. The first-order valence-corrected chi connectivity index (χ1v) is 6.19. The van der Waals surface area contributed by atoms with Crippen LogP contribution in [0.15, 0.2) is 20.6 Å². The highest BCUT2D eigenvalue weighted by molar-refractivity contribution is 5.85. The average Bonchev–Trinajstić information content (AvgIpc) is 2.37. The lowest BCUT2D eigenvalue weighted by atomic mass is 10.4. The van der Waals surface area contributed by atoms with E-state index in [0.717, 1.165) is 0 Å². The average molecular weight is 284 g/mol. The van der Waals surface area contributed by atoms with Crippen molar-refractivity contribution in [3.8, 4) is 0 Å². The molecule has 1 heterocycles. The minimum Gasteiger partial charge on any atom is -0.389 e. The Morgan fingerprint density at radius 1 is 0.500 bits per heavy atom. The molecule has 0 aliphatic carbocycles. The highest BCUT2D eigenvalue weighted by atomic mass is 16.7. The van der Waals surface area contributed by atoms with Gasteiger partial charge in [0.1, 0.15) is 0 Å². The number of nitrogens with zero attached hydrogens (tertiary/aromatic N) is 4. The van der Waals surface area contributed by atoms with Gasteiger partial charge in [0, 0.05) is 0 Å². The summed E-state index contributed by atoms with van der Waals surface area (Å²) in [5, 5.41) is 15.5. The zero-order chi connectivity index (χ0) is 14.8. The van der Waals surface area contributed by atoms with E-state index in [1.54, 1.807) is 27.7 Å². The standard InChI is InChI=1S/C12H20N4O4/c1-9-5-17-14-11(3)7-19-16-12(4)8-20-15-10(2)6-18-13-9/h5-8H2,1-4H3/b13-9+,14-11+,15-10+,16-12+. The molecule has 0 fully saturated rings. The molecule has 112 valence electrons. The molecule has 0 N–H and O–H groups in total. The molecular formula is C12H20N4O4. The van der Waals surface area contributed by atoms with Gasteiger partial charge in [-0.1, -0.05) is 20.6 Å². The zero-order valence-corrected chi connectivity index (χ0v) is 12.3. The zero-order valence-electron chi connectivity index (χ0n) is 12.3. The van der Waals surface area contributed by atoms with Gasteiger partial charge in [0.25, 0.3) is 0 Å². The third-order valence-electron chi connectivity index (χ3n) is 1.98. The van der Waals surface area contributed by atoms with E-state index in [-0.39, 0.29) is 26.4 Å². The van der Waals surface area contributed by atoms with E-state index in [1.165, 1.54) is 0 Å². The molecule has 8 nitrogen and oxygen atoms in total. The lowest BCUT2D eigenvalue weighted by Gasteiger charge is -2.05. The van der Waals surface area contributed by atoms with Gasteiger partial charge >= 0.3 is 0 Å². The molecule has 0 amide bonds. The summed E-state index contributed by atoms with van der Waals surface area (Å²) in [5.41, 5.74) is 2.66. The lowest BCUT2D eigenvalue weighted by molar-refractivity contribution is 0.141. The Labute approximate surface area is 118 Å². The molecule has 0 saturated heterocycles. The van der Waals surface area contributed by atoms with Crippen LogP contribution in [0.1, 0.15) is 27.7 Å². The topological polar surface area (TPSA) is 86.4 Å². The molecule has 0 aromatic carbocycles. The number of hydrogen-bond acceptors (Lipinski definition) is 8. The molecule has 0 aromatic rings. The van der Waals surface area contributed by atoms with Crippen molar-refractivity contribution in [3.63, 3.8) is 0 Å². The highest BCUT2D eigenvalue weighted by Gasteiger charge is 1.99. The summed E-state index contributed by atoms with van der Waals surface area (Å²) in [5.74, 6) is 0. The summed E-state index contributed by atoms with van der Waals surface area (Å²) in [6.07, 6.45) is 0. The summed E-state index contributed by atoms with van der Waals surface area (Å²) in [4.78, 5) is 20.4. The Balaban J connectivity index is 2.65. The van der Waals surface area contributed by atoms with Crippen LogP contribution in [0, 0.1) is 0 Å². The van der Waals surface area contributed by atoms with Gasteiger partial charge < -0.3 is 19.4 Å². The maximum atomic E-state index is 5.11. The smallest absolute Gasteiger partial charge is 0.158 e. The monoisotopic (exact) mass is 284 g/mol. The summed E-state index contributed by atoms with van der Waals surface area (Å²) in [7, 11) is 0. The third kappa shape index (κ3) is 7.34. The van der Waals surface area contributed by atoms with Crippen molar-refractivity contribution in [1.29, 1.82) is 0 Å². The van der Waals surface area contributed by atoms with E-state index in [2.05, 4.69) is 20.6 Å². The van der Waals surface area contributed by atoms with Crippen LogP contribution in [0.2, 0.25) is 0 Å².